The van der Waals surface area contributed by atoms with Gasteiger partial charge < -0.3 is 10.4 Å². The summed E-state index contributed by atoms with van der Waals surface area (Å²) in [5, 5.41) is 11.7. The Morgan fingerprint density at radius 2 is 1.85 bits per heavy atom. The van der Waals surface area contributed by atoms with Gasteiger partial charge in [-0.15, -0.1) is 0 Å². The fourth-order valence-corrected chi connectivity index (χ4v) is 2.46. The number of aromatic nitrogens is 2. The number of aliphatic carboxylic acids is 1. The van der Waals surface area contributed by atoms with Crippen LogP contribution < -0.4 is 5.32 Å². The lowest BCUT2D eigenvalue weighted by Gasteiger charge is -2.23. The summed E-state index contributed by atoms with van der Waals surface area (Å²) in [4.78, 5) is 30.8. The lowest BCUT2D eigenvalue weighted by Crippen LogP contribution is -2.34. The molecule has 1 aromatic heterocycles. The van der Waals surface area contributed by atoms with E-state index in [4.69, 9.17) is 28.3 Å². The van der Waals surface area contributed by atoms with Gasteiger partial charge in [0, 0.05) is 6.07 Å². The summed E-state index contributed by atoms with van der Waals surface area (Å²) in [6.07, 6.45) is 4.26. The second kappa shape index (κ2) is 6.19. The molecule has 2 atom stereocenters. The van der Waals surface area contributed by atoms with Gasteiger partial charge in [-0.25, -0.2) is 9.97 Å². The fourth-order valence-electron chi connectivity index (χ4n) is 2.05. The number of carbonyl (C=O) groups excluding carboxylic acids is 1. The van der Waals surface area contributed by atoms with E-state index < -0.39 is 23.7 Å². The molecule has 0 unspecified atom stereocenters. The Balaban J connectivity index is 2.14. The Hall–Kier alpha value is -1.66. The Bertz CT molecular complexity index is 557. The molecule has 1 aliphatic rings. The molecule has 1 heterocycles. The van der Waals surface area contributed by atoms with Crippen LogP contribution in [0.2, 0.25) is 10.4 Å². The molecule has 1 aliphatic carbocycles. The minimum Gasteiger partial charge on any atom is -0.481 e. The van der Waals surface area contributed by atoms with Crippen LogP contribution in [0.3, 0.4) is 0 Å². The molecule has 106 valence electrons. The summed E-state index contributed by atoms with van der Waals surface area (Å²) in [5.41, 5.74) is 0. The molecule has 0 radical (unpaired) electrons. The number of rotatable bonds is 3. The number of anilines is 1. The maximum absolute atomic E-state index is 12.2. The molecule has 2 N–H and O–H groups in total. The molecule has 0 aromatic carbocycles. The molecule has 8 heteroatoms. The van der Waals surface area contributed by atoms with Gasteiger partial charge in [-0.3, -0.25) is 9.59 Å². The van der Waals surface area contributed by atoms with Crippen molar-refractivity contribution in [1.29, 1.82) is 0 Å². The van der Waals surface area contributed by atoms with E-state index in [1.54, 1.807) is 12.2 Å². The van der Waals surface area contributed by atoms with E-state index in [1.165, 1.54) is 6.07 Å². The highest BCUT2D eigenvalue weighted by atomic mass is 35.5. The van der Waals surface area contributed by atoms with Gasteiger partial charge >= 0.3 is 5.97 Å². The third kappa shape index (κ3) is 3.46. The minimum atomic E-state index is -0.992. The quantitative estimate of drug-likeness (QED) is 0.507. The van der Waals surface area contributed by atoms with Crippen LogP contribution in [0, 0.1) is 11.8 Å². The summed E-state index contributed by atoms with van der Waals surface area (Å²) in [5.74, 6) is -2.66. The van der Waals surface area contributed by atoms with Crippen molar-refractivity contribution in [3.8, 4) is 0 Å². The zero-order valence-corrected chi connectivity index (χ0v) is 11.7. The second-order valence-electron chi connectivity index (χ2n) is 4.33. The van der Waals surface area contributed by atoms with Crippen molar-refractivity contribution in [2.75, 3.05) is 5.32 Å². The number of carboxylic acid groups (broad SMARTS) is 1. The van der Waals surface area contributed by atoms with Crippen LogP contribution in [0.5, 0.6) is 0 Å². The smallest absolute Gasteiger partial charge is 0.307 e. The number of hydrogen-bond donors (Lipinski definition) is 2. The first-order chi connectivity index (χ1) is 9.47. The molecular weight excluding hydrogens is 305 g/mol. The standard InChI is InChI=1S/C12H11Cl2N3O3/c13-8-5-9(17-12(14)15-8)16-10(18)6-3-1-2-4-7(6)11(19)20/h1-2,5-7H,3-4H2,(H,19,20)(H,15,16,17,18)/t6-,7+/m1/s1. The largest absolute Gasteiger partial charge is 0.481 e. The number of hydrogen-bond acceptors (Lipinski definition) is 4. The fraction of sp³-hybridized carbons (Fsp3) is 0.333. The van der Waals surface area contributed by atoms with E-state index in [9.17, 15) is 9.59 Å². The third-order valence-corrected chi connectivity index (χ3v) is 3.37. The van der Waals surface area contributed by atoms with Crippen molar-refractivity contribution in [2.24, 2.45) is 11.8 Å². The minimum absolute atomic E-state index is 0.0916. The number of carboxylic acids is 1. The topological polar surface area (TPSA) is 92.2 Å². The van der Waals surface area contributed by atoms with Crippen molar-refractivity contribution in [1.82, 2.24) is 9.97 Å². The highest BCUT2D eigenvalue weighted by molar-refractivity contribution is 6.32. The third-order valence-electron chi connectivity index (χ3n) is 3.01. The van der Waals surface area contributed by atoms with Gasteiger partial charge in [0.05, 0.1) is 11.8 Å². The molecular formula is C12H11Cl2N3O3. The van der Waals surface area contributed by atoms with Crippen LogP contribution >= 0.6 is 23.2 Å². The lowest BCUT2D eigenvalue weighted by atomic mass is 9.82. The molecule has 1 amide bonds. The van der Waals surface area contributed by atoms with Gasteiger partial charge in [0.25, 0.3) is 0 Å². The van der Waals surface area contributed by atoms with Crippen LogP contribution in [-0.2, 0) is 9.59 Å². The number of carbonyl (C=O) groups is 2. The van der Waals surface area contributed by atoms with Crippen molar-refractivity contribution >= 4 is 40.9 Å². The maximum Gasteiger partial charge on any atom is 0.307 e. The molecule has 20 heavy (non-hydrogen) atoms. The van der Waals surface area contributed by atoms with Crippen LogP contribution in [0.1, 0.15) is 12.8 Å². The van der Waals surface area contributed by atoms with E-state index in [0.717, 1.165) is 0 Å². The summed E-state index contributed by atoms with van der Waals surface area (Å²) in [7, 11) is 0. The van der Waals surface area contributed by atoms with E-state index in [2.05, 4.69) is 15.3 Å². The van der Waals surface area contributed by atoms with Crippen LogP contribution in [0.25, 0.3) is 0 Å². The van der Waals surface area contributed by atoms with Gasteiger partial charge in [-0.2, -0.15) is 0 Å². The number of amides is 1. The first kappa shape index (κ1) is 14.7. The predicted molar refractivity (Wildman–Crippen MR) is 73.7 cm³/mol. The molecule has 0 spiro atoms. The van der Waals surface area contributed by atoms with Gasteiger partial charge in [-0.1, -0.05) is 23.8 Å². The van der Waals surface area contributed by atoms with E-state index in [1.807, 2.05) is 0 Å². The summed E-state index contributed by atoms with van der Waals surface area (Å²) >= 11 is 11.3. The molecule has 0 saturated carbocycles. The second-order valence-corrected chi connectivity index (χ2v) is 5.05. The Morgan fingerprint density at radius 1 is 1.20 bits per heavy atom. The molecule has 2 rings (SSSR count). The number of allylic oxidation sites excluding steroid dienone is 2. The van der Waals surface area contributed by atoms with Crippen molar-refractivity contribution in [3.05, 3.63) is 28.7 Å². The van der Waals surface area contributed by atoms with Crippen molar-refractivity contribution in [2.45, 2.75) is 12.8 Å². The van der Waals surface area contributed by atoms with Gasteiger partial charge in [0.2, 0.25) is 11.2 Å². The first-order valence-electron chi connectivity index (χ1n) is 5.86. The Morgan fingerprint density at radius 3 is 2.45 bits per heavy atom. The molecule has 0 bridgehead atoms. The van der Waals surface area contributed by atoms with Crippen LogP contribution in [0.15, 0.2) is 18.2 Å². The van der Waals surface area contributed by atoms with E-state index in [0.29, 0.717) is 12.8 Å². The zero-order chi connectivity index (χ0) is 14.7. The summed E-state index contributed by atoms with van der Waals surface area (Å²) in [6.45, 7) is 0. The first-order valence-corrected chi connectivity index (χ1v) is 6.61. The lowest BCUT2D eigenvalue weighted by molar-refractivity contribution is -0.146. The zero-order valence-electron chi connectivity index (χ0n) is 10.2. The van der Waals surface area contributed by atoms with E-state index in [-0.39, 0.29) is 16.3 Å². The number of nitrogens with zero attached hydrogens (tertiary/aromatic N) is 2. The van der Waals surface area contributed by atoms with Crippen molar-refractivity contribution in [3.63, 3.8) is 0 Å². The van der Waals surface area contributed by atoms with Crippen LogP contribution in [0.4, 0.5) is 5.82 Å². The molecule has 6 nitrogen and oxygen atoms in total. The van der Waals surface area contributed by atoms with E-state index >= 15 is 0 Å². The SMILES string of the molecule is O=C(O)[C@H]1CC=CC[C@H]1C(=O)Nc1cc(Cl)nc(Cl)n1. The normalized spacial score (nSPS) is 21.5. The number of halogens is 2. The average Bonchev–Trinajstić information content (AvgIpc) is 2.37. The van der Waals surface area contributed by atoms with Gasteiger partial charge in [0.1, 0.15) is 11.0 Å². The number of nitrogens with one attached hydrogen (secondary N) is 1. The maximum atomic E-state index is 12.2. The molecule has 1 aromatic rings. The van der Waals surface area contributed by atoms with Gasteiger partial charge in [0.15, 0.2) is 0 Å². The highest BCUT2D eigenvalue weighted by Gasteiger charge is 2.34. The molecule has 0 saturated heterocycles. The van der Waals surface area contributed by atoms with Crippen molar-refractivity contribution < 1.29 is 14.7 Å². The Kier molecular flexibility index (Phi) is 4.57. The predicted octanol–water partition coefficient (Wildman–Crippen LogP) is 2.39. The van der Waals surface area contributed by atoms with Crippen LogP contribution in [-0.4, -0.2) is 27.0 Å². The monoisotopic (exact) mass is 315 g/mol. The Labute approximate surface area is 124 Å². The summed E-state index contributed by atoms with van der Waals surface area (Å²) < 4.78 is 0. The summed E-state index contributed by atoms with van der Waals surface area (Å²) in [6, 6.07) is 1.35. The average molecular weight is 316 g/mol. The van der Waals surface area contributed by atoms with Gasteiger partial charge in [-0.05, 0) is 24.4 Å². The highest BCUT2D eigenvalue weighted by Crippen LogP contribution is 2.27. The molecule has 0 fully saturated rings. The molecule has 0 aliphatic heterocycles.